The molecule has 0 saturated heterocycles. The molecule has 0 spiro atoms. The fourth-order valence-electron chi connectivity index (χ4n) is 2.69. The van der Waals surface area contributed by atoms with Gasteiger partial charge in [0.15, 0.2) is 0 Å². The molecule has 3 aromatic carbocycles. The Bertz CT molecular complexity index is 817. The summed E-state index contributed by atoms with van der Waals surface area (Å²) in [6.45, 7) is 4.17. The van der Waals surface area contributed by atoms with Crippen molar-refractivity contribution >= 4 is 11.6 Å². The van der Waals surface area contributed by atoms with Crippen molar-refractivity contribution in [1.29, 1.82) is 0 Å². The van der Waals surface area contributed by atoms with Crippen molar-refractivity contribution in [3.8, 4) is 5.75 Å². The van der Waals surface area contributed by atoms with E-state index in [-0.39, 0.29) is 0 Å². The number of halogens is 1. The zero-order valence-electron chi connectivity index (χ0n) is 14.3. The van der Waals surface area contributed by atoms with E-state index < -0.39 is 0 Å². The molecule has 25 heavy (non-hydrogen) atoms. The molecule has 0 aromatic heterocycles. The lowest BCUT2D eigenvalue weighted by atomic mass is 10.1. The van der Waals surface area contributed by atoms with Gasteiger partial charge in [0.2, 0.25) is 0 Å². The summed E-state index contributed by atoms with van der Waals surface area (Å²) in [5.41, 5.74) is 4.75. The molecule has 0 amide bonds. The van der Waals surface area contributed by atoms with Gasteiger partial charge in [0.25, 0.3) is 0 Å². The summed E-state index contributed by atoms with van der Waals surface area (Å²) in [4.78, 5) is 0. The fourth-order valence-corrected chi connectivity index (χ4v) is 2.89. The van der Waals surface area contributed by atoms with Crippen molar-refractivity contribution in [2.45, 2.75) is 26.6 Å². The van der Waals surface area contributed by atoms with Crippen molar-refractivity contribution in [1.82, 2.24) is 5.32 Å². The van der Waals surface area contributed by atoms with Gasteiger partial charge in [-0.2, -0.15) is 0 Å². The van der Waals surface area contributed by atoms with Gasteiger partial charge in [-0.05, 0) is 41.8 Å². The van der Waals surface area contributed by atoms with E-state index in [4.69, 9.17) is 16.3 Å². The second-order valence-corrected chi connectivity index (χ2v) is 6.49. The van der Waals surface area contributed by atoms with Crippen LogP contribution in [0.15, 0.2) is 72.8 Å². The van der Waals surface area contributed by atoms with E-state index in [2.05, 4.69) is 36.5 Å². The lowest BCUT2D eigenvalue weighted by Gasteiger charge is -2.14. The highest BCUT2D eigenvalue weighted by molar-refractivity contribution is 6.30. The number of rotatable bonds is 7. The Morgan fingerprint density at radius 1 is 0.840 bits per heavy atom. The molecule has 3 aromatic rings. The highest BCUT2D eigenvalue weighted by atomic mass is 35.5. The highest BCUT2D eigenvalue weighted by Gasteiger charge is 2.06. The SMILES string of the molecule is Cc1ccccc1COc1ccc(Cl)cc1CNCc1ccccc1. The van der Waals surface area contributed by atoms with Crippen LogP contribution >= 0.6 is 11.6 Å². The molecule has 2 nitrogen and oxygen atoms in total. The predicted octanol–water partition coefficient (Wildman–Crippen LogP) is 5.52. The van der Waals surface area contributed by atoms with E-state index in [0.717, 1.165) is 22.9 Å². The highest BCUT2D eigenvalue weighted by Crippen LogP contribution is 2.24. The lowest BCUT2D eigenvalue weighted by molar-refractivity contribution is 0.301. The van der Waals surface area contributed by atoms with Gasteiger partial charge in [-0.25, -0.2) is 0 Å². The molecule has 3 rings (SSSR count). The maximum absolute atomic E-state index is 6.17. The normalized spacial score (nSPS) is 10.6. The molecule has 0 unspecified atom stereocenters. The molecule has 0 aliphatic rings. The Kier molecular flexibility index (Phi) is 6.10. The molecular weight excluding hydrogens is 330 g/mol. The number of aryl methyl sites for hydroxylation is 1. The minimum absolute atomic E-state index is 0.556. The van der Waals surface area contributed by atoms with Gasteiger partial charge < -0.3 is 10.1 Å². The van der Waals surface area contributed by atoms with E-state index in [9.17, 15) is 0 Å². The first-order valence-electron chi connectivity index (χ1n) is 8.43. The third-order valence-corrected chi connectivity index (χ3v) is 4.39. The molecule has 0 fully saturated rings. The van der Waals surface area contributed by atoms with Crippen molar-refractivity contribution in [2.75, 3.05) is 0 Å². The van der Waals surface area contributed by atoms with Gasteiger partial charge in [-0.15, -0.1) is 0 Å². The van der Waals surface area contributed by atoms with Crippen molar-refractivity contribution < 1.29 is 4.74 Å². The second kappa shape index (κ2) is 8.70. The first-order chi connectivity index (χ1) is 12.2. The molecule has 3 heteroatoms. The van der Waals surface area contributed by atoms with Crippen LogP contribution in [0.5, 0.6) is 5.75 Å². The van der Waals surface area contributed by atoms with Crippen molar-refractivity contribution in [3.63, 3.8) is 0 Å². The van der Waals surface area contributed by atoms with Crippen LogP contribution in [0.1, 0.15) is 22.3 Å². The van der Waals surface area contributed by atoms with Crippen LogP contribution < -0.4 is 10.1 Å². The smallest absolute Gasteiger partial charge is 0.124 e. The van der Waals surface area contributed by atoms with Crippen molar-refractivity contribution in [3.05, 3.63) is 100 Å². The first kappa shape index (κ1) is 17.5. The molecule has 0 saturated carbocycles. The van der Waals surface area contributed by atoms with Crippen LogP contribution in [0.4, 0.5) is 0 Å². The predicted molar refractivity (Wildman–Crippen MR) is 104 cm³/mol. The summed E-state index contributed by atoms with van der Waals surface area (Å²) in [5, 5.41) is 4.18. The van der Waals surface area contributed by atoms with E-state index in [1.807, 2.05) is 48.5 Å². The zero-order chi connectivity index (χ0) is 17.5. The molecule has 0 heterocycles. The maximum Gasteiger partial charge on any atom is 0.124 e. The average Bonchev–Trinajstić information content (AvgIpc) is 2.63. The second-order valence-electron chi connectivity index (χ2n) is 6.06. The van der Waals surface area contributed by atoms with Crippen molar-refractivity contribution in [2.24, 2.45) is 0 Å². The molecule has 128 valence electrons. The Labute approximate surface area is 154 Å². The summed E-state index contributed by atoms with van der Waals surface area (Å²) < 4.78 is 6.06. The van der Waals surface area contributed by atoms with Crippen LogP contribution in [-0.2, 0) is 19.7 Å². The minimum Gasteiger partial charge on any atom is -0.489 e. The van der Waals surface area contributed by atoms with Gasteiger partial charge in [-0.1, -0.05) is 66.2 Å². The Morgan fingerprint density at radius 3 is 2.40 bits per heavy atom. The summed E-state index contributed by atoms with van der Waals surface area (Å²) in [6.07, 6.45) is 0. The molecule has 0 aliphatic heterocycles. The summed E-state index contributed by atoms with van der Waals surface area (Å²) in [5.74, 6) is 0.869. The summed E-state index contributed by atoms with van der Waals surface area (Å²) >= 11 is 6.17. The fraction of sp³-hybridized carbons (Fsp3) is 0.182. The number of ether oxygens (including phenoxy) is 1. The number of hydrogen-bond donors (Lipinski definition) is 1. The summed E-state index contributed by atoms with van der Waals surface area (Å²) in [7, 11) is 0. The van der Waals surface area contributed by atoms with Crippen LogP contribution in [0, 0.1) is 6.92 Å². The van der Waals surface area contributed by atoms with Crippen LogP contribution in [0.3, 0.4) is 0 Å². The van der Waals surface area contributed by atoms with E-state index in [1.54, 1.807) is 0 Å². The van der Waals surface area contributed by atoms with Gasteiger partial charge in [0.1, 0.15) is 12.4 Å². The third kappa shape index (κ3) is 5.09. The van der Waals surface area contributed by atoms with Gasteiger partial charge in [-0.3, -0.25) is 0 Å². The van der Waals surface area contributed by atoms with Crippen LogP contribution in [0.25, 0.3) is 0 Å². The maximum atomic E-state index is 6.17. The minimum atomic E-state index is 0.556. The Hall–Kier alpha value is -2.29. The molecule has 0 atom stereocenters. The van der Waals surface area contributed by atoms with Crippen LogP contribution in [-0.4, -0.2) is 0 Å². The van der Waals surface area contributed by atoms with Gasteiger partial charge in [0.05, 0.1) is 0 Å². The molecule has 1 N–H and O–H groups in total. The lowest BCUT2D eigenvalue weighted by Crippen LogP contribution is -2.13. The number of hydrogen-bond acceptors (Lipinski definition) is 2. The molecular formula is C22H22ClNO. The molecule has 0 bridgehead atoms. The monoisotopic (exact) mass is 351 g/mol. The first-order valence-corrected chi connectivity index (χ1v) is 8.80. The van der Waals surface area contributed by atoms with E-state index in [0.29, 0.717) is 13.2 Å². The standard InChI is InChI=1S/C22H22ClNO/c1-17-7-5-6-10-19(17)16-25-22-12-11-21(23)13-20(22)15-24-14-18-8-3-2-4-9-18/h2-13,24H,14-16H2,1H3. The molecule has 0 radical (unpaired) electrons. The number of nitrogens with one attached hydrogen (secondary N) is 1. The van der Waals surface area contributed by atoms with Gasteiger partial charge in [0, 0.05) is 23.7 Å². The zero-order valence-corrected chi connectivity index (χ0v) is 15.1. The topological polar surface area (TPSA) is 21.3 Å². The largest absolute Gasteiger partial charge is 0.489 e. The average molecular weight is 352 g/mol. The Balaban J connectivity index is 1.64. The Morgan fingerprint density at radius 2 is 1.60 bits per heavy atom. The van der Waals surface area contributed by atoms with Gasteiger partial charge >= 0.3 is 0 Å². The van der Waals surface area contributed by atoms with E-state index >= 15 is 0 Å². The van der Waals surface area contributed by atoms with Crippen LogP contribution in [0.2, 0.25) is 5.02 Å². The summed E-state index contributed by atoms with van der Waals surface area (Å²) in [6, 6.07) is 24.4. The number of benzene rings is 3. The quantitative estimate of drug-likeness (QED) is 0.605. The van der Waals surface area contributed by atoms with E-state index in [1.165, 1.54) is 16.7 Å². The molecule has 0 aliphatic carbocycles. The third-order valence-electron chi connectivity index (χ3n) is 4.15.